The van der Waals surface area contributed by atoms with Crippen LogP contribution in [0.4, 0.5) is 0 Å². The third-order valence-electron chi connectivity index (χ3n) is 3.25. The summed E-state index contributed by atoms with van der Waals surface area (Å²) < 4.78 is 10.6. The van der Waals surface area contributed by atoms with E-state index in [4.69, 9.17) is 14.6 Å². The molecule has 0 aliphatic carbocycles. The molecule has 5 heteroatoms. The van der Waals surface area contributed by atoms with Crippen LogP contribution in [-0.4, -0.2) is 37.4 Å². The van der Waals surface area contributed by atoms with E-state index in [1.54, 1.807) is 19.2 Å². The van der Waals surface area contributed by atoms with E-state index in [1.807, 2.05) is 26.0 Å². The Labute approximate surface area is 126 Å². The predicted octanol–water partition coefficient (Wildman–Crippen LogP) is 1.99. The fourth-order valence-corrected chi connectivity index (χ4v) is 1.92. The van der Waals surface area contributed by atoms with E-state index in [1.165, 1.54) is 0 Å². The first-order valence-corrected chi connectivity index (χ1v) is 7.24. The van der Waals surface area contributed by atoms with Crippen molar-refractivity contribution in [2.24, 2.45) is 5.92 Å². The quantitative estimate of drug-likeness (QED) is 0.731. The number of carbonyl (C=O) groups is 1. The Kier molecular flexibility index (Phi) is 7.61. The third kappa shape index (κ3) is 6.49. The highest BCUT2D eigenvalue weighted by atomic mass is 16.5. The highest BCUT2D eigenvalue weighted by Crippen LogP contribution is 2.17. The van der Waals surface area contributed by atoms with Gasteiger partial charge in [0.2, 0.25) is 5.91 Å². The third-order valence-corrected chi connectivity index (χ3v) is 3.25. The number of benzene rings is 1. The molecule has 1 unspecified atom stereocenters. The second kappa shape index (κ2) is 9.23. The minimum absolute atomic E-state index is 0.00323. The summed E-state index contributed by atoms with van der Waals surface area (Å²) >= 11 is 0. The van der Waals surface area contributed by atoms with Crippen LogP contribution in [0.25, 0.3) is 0 Å². The molecular weight excluding hydrogens is 270 g/mol. The van der Waals surface area contributed by atoms with E-state index in [-0.39, 0.29) is 18.6 Å². The lowest BCUT2D eigenvalue weighted by Crippen LogP contribution is -2.39. The number of ether oxygens (including phenoxy) is 2. The highest BCUT2D eigenvalue weighted by Gasteiger charge is 2.15. The van der Waals surface area contributed by atoms with Crippen molar-refractivity contribution >= 4 is 5.91 Å². The van der Waals surface area contributed by atoms with Gasteiger partial charge in [-0.05, 0) is 36.6 Å². The van der Waals surface area contributed by atoms with E-state index in [0.29, 0.717) is 31.1 Å². The summed E-state index contributed by atoms with van der Waals surface area (Å²) in [4.78, 5) is 11.8. The van der Waals surface area contributed by atoms with Gasteiger partial charge >= 0.3 is 0 Å². The molecule has 0 saturated carbocycles. The molecule has 0 aliphatic heterocycles. The molecule has 0 aromatic heterocycles. The van der Waals surface area contributed by atoms with Crippen molar-refractivity contribution in [1.29, 1.82) is 0 Å². The van der Waals surface area contributed by atoms with Gasteiger partial charge in [-0.25, -0.2) is 0 Å². The second-order valence-electron chi connectivity index (χ2n) is 5.20. The Morgan fingerprint density at radius 1 is 1.24 bits per heavy atom. The smallest absolute Gasteiger partial charge is 0.223 e. The van der Waals surface area contributed by atoms with E-state index < -0.39 is 0 Å². The molecule has 21 heavy (non-hydrogen) atoms. The van der Waals surface area contributed by atoms with E-state index >= 15 is 0 Å². The van der Waals surface area contributed by atoms with Gasteiger partial charge in [-0.1, -0.05) is 13.8 Å². The summed E-state index contributed by atoms with van der Waals surface area (Å²) in [5.74, 6) is 1.71. The monoisotopic (exact) mass is 295 g/mol. The standard InChI is InChI=1S/C16H25NO4/c1-12(2)15(8-10-18)17-16(19)9-11-21-14-6-4-13(20-3)5-7-14/h4-7,12,15,18H,8-11H2,1-3H3,(H,17,19). The van der Waals surface area contributed by atoms with E-state index in [2.05, 4.69) is 5.32 Å². The number of amides is 1. The number of methoxy groups -OCH3 is 1. The maximum atomic E-state index is 11.8. The van der Waals surface area contributed by atoms with Gasteiger partial charge in [-0.3, -0.25) is 4.79 Å². The topological polar surface area (TPSA) is 67.8 Å². The van der Waals surface area contributed by atoms with E-state index in [0.717, 1.165) is 5.75 Å². The lowest BCUT2D eigenvalue weighted by atomic mass is 10.0. The number of hydrogen-bond donors (Lipinski definition) is 2. The SMILES string of the molecule is COc1ccc(OCCC(=O)NC(CCO)C(C)C)cc1. The number of rotatable bonds is 9. The minimum atomic E-state index is -0.0596. The Bertz CT molecular complexity index is 417. The van der Waals surface area contributed by atoms with Gasteiger partial charge in [0.25, 0.3) is 0 Å². The van der Waals surface area contributed by atoms with Crippen molar-refractivity contribution in [1.82, 2.24) is 5.32 Å². The van der Waals surface area contributed by atoms with Crippen LogP contribution in [0, 0.1) is 5.92 Å². The molecule has 1 rings (SSSR count). The number of hydrogen-bond acceptors (Lipinski definition) is 4. The maximum Gasteiger partial charge on any atom is 0.223 e. The summed E-state index contributed by atoms with van der Waals surface area (Å²) in [5, 5.41) is 11.9. The average Bonchev–Trinajstić information content (AvgIpc) is 2.47. The van der Waals surface area contributed by atoms with Crippen LogP contribution in [-0.2, 0) is 4.79 Å². The first-order valence-electron chi connectivity index (χ1n) is 7.24. The van der Waals surface area contributed by atoms with Crippen molar-refractivity contribution in [2.75, 3.05) is 20.3 Å². The van der Waals surface area contributed by atoms with Crippen LogP contribution in [0.2, 0.25) is 0 Å². The van der Waals surface area contributed by atoms with Gasteiger partial charge < -0.3 is 19.9 Å². The Balaban J connectivity index is 2.31. The molecule has 1 aromatic carbocycles. The molecule has 0 radical (unpaired) electrons. The van der Waals surface area contributed by atoms with Crippen molar-refractivity contribution in [2.45, 2.75) is 32.7 Å². The highest BCUT2D eigenvalue weighted by molar-refractivity contribution is 5.76. The minimum Gasteiger partial charge on any atom is -0.497 e. The molecule has 1 atom stereocenters. The lowest BCUT2D eigenvalue weighted by molar-refractivity contribution is -0.122. The fourth-order valence-electron chi connectivity index (χ4n) is 1.92. The summed E-state index contributed by atoms with van der Waals surface area (Å²) in [6.07, 6.45) is 0.865. The molecule has 0 fully saturated rings. The number of carbonyl (C=O) groups excluding carboxylic acids is 1. The van der Waals surface area contributed by atoms with Crippen molar-refractivity contribution in [3.63, 3.8) is 0 Å². The van der Waals surface area contributed by atoms with Crippen molar-refractivity contribution in [3.8, 4) is 11.5 Å². The molecule has 5 nitrogen and oxygen atoms in total. The molecule has 0 bridgehead atoms. The fraction of sp³-hybridized carbons (Fsp3) is 0.562. The Morgan fingerprint density at radius 3 is 2.38 bits per heavy atom. The molecule has 0 saturated heterocycles. The molecule has 0 spiro atoms. The molecule has 118 valence electrons. The molecule has 0 heterocycles. The van der Waals surface area contributed by atoms with Crippen LogP contribution in [0.1, 0.15) is 26.7 Å². The normalized spacial score (nSPS) is 12.0. The van der Waals surface area contributed by atoms with Gasteiger partial charge in [-0.15, -0.1) is 0 Å². The van der Waals surface area contributed by atoms with Gasteiger partial charge in [0.1, 0.15) is 11.5 Å². The van der Waals surface area contributed by atoms with Gasteiger partial charge in [-0.2, -0.15) is 0 Å². The lowest BCUT2D eigenvalue weighted by Gasteiger charge is -2.21. The van der Waals surface area contributed by atoms with Gasteiger partial charge in [0, 0.05) is 12.6 Å². The summed E-state index contributed by atoms with van der Waals surface area (Å²) in [6.45, 7) is 4.44. The molecule has 2 N–H and O–H groups in total. The van der Waals surface area contributed by atoms with Crippen LogP contribution in [0.15, 0.2) is 24.3 Å². The first kappa shape index (κ1) is 17.3. The Hall–Kier alpha value is -1.75. The zero-order valence-electron chi connectivity index (χ0n) is 13.0. The summed E-state index contributed by atoms with van der Waals surface area (Å²) in [7, 11) is 1.61. The first-order chi connectivity index (χ1) is 10.1. The van der Waals surface area contributed by atoms with Crippen LogP contribution in [0.3, 0.4) is 0 Å². The second-order valence-corrected chi connectivity index (χ2v) is 5.20. The number of aliphatic hydroxyl groups excluding tert-OH is 1. The molecule has 1 aromatic rings. The number of nitrogens with one attached hydrogen (secondary N) is 1. The van der Waals surface area contributed by atoms with Gasteiger partial charge in [0.05, 0.1) is 20.1 Å². The van der Waals surface area contributed by atoms with Crippen molar-refractivity contribution < 1.29 is 19.4 Å². The zero-order chi connectivity index (χ0) is 15.7. The van der Waals surface area contributed by atoms with Crippen LogP contribution < -0.4 is 14.8 Å². The van der Waals surface area contributed by atoms with Crippen LogP contribution >= 0.6 is 0 Å². The molecule has 1 amide bonds. The predicted molar refractivity (Wildman–Crippen MR) is 81.6 cm³/mol. The summed E-state index contributed by atoms with van der Waals surface area (Å²) in [6, 6.07) is 7.24. The van der Waals surface area contributed by atoms with Crippen LogP contribution in [0.5, 0.6) is 11.5 Å². The van der Waals surface area contributed by atoms with E-state index in [9.17, 15) is 4.79 Å². The summed E-state index contributed by atoms with van der Waals surface area (Å²) in [5.41, 5.74) is 0. The van der Waals surface area contributed by atoms with Crippen molar-refractivity contribution in [3.05, 3.63) is 24.3 Å². The molecular formula is C16H25NO4. The average molecular weight is 295 g/mol. The largest absolute Gasteiger partial charge is 0.497 e. The van der Waals surface area contributed by atoms with Gasteiger partial charge in [0.15, 0.2) is 0 Å². The molecule has 0 aliphatic rings. The zero-order valence-corrected chi connectivity index (χ0v) is 13.0. The number of aliphatic hydroxyl groups is 1. The Morgan fingerprint density at radius 2 is 1.86 bits per heavy atom. The maximum absolute atomic E-state index is 11.8.